The van der Waals surface area contributed by atoms with Gasteiger partial charge in [0, 0.05) is 18.1 Å². The minimum absolute atomic E-state index is 0.00930. The number of esters is 1. The number of nitrogens with one attached hydrogen (secondary N) is 1. The molecule has 0 bridgehead atoms. The highest BCUT2D eigenvalue weighted by molar-refractivity contribution is 6.36. The molecule has 1 aliphatic rings. The summed E-state index contributed by atoms with van der Waals surface area (Å²) in [7, 11) is 0. The zero-order chi connectivity index (χ0) is 18.5. The number of cyclic esters (lactones) is 1. The molecule has 3 rings (SSSR count). The van der Waals surface area contributed by atoms with E-state index in [-0.39, 0.29) is 18.3 Å². The Bertz CT molecular complexity index is 799. The largest absolute Gasteiger partial charge is 0.463 e. The zero-order valence-corrected chi connectivity index (χ0v) is 15.5. The van der Waals surface area contributed by atoms with E-state index in [9.17, 15) is 9.59 Å². The molecule has 1 N–H and O–H groups in total. The molecule has 1 aliphatic heterocycles. The van der Waals surface area contributed by atoms with Crippen molar-refractivity contribution in [1.29, 1.82) is 0 Å². The van der Waals surface area contributed by atoms with Crippen LogP contribution in [0.25, 0.3) is 0 Å². The van der Waals surface area contributed by atoms with Gasteiger partial charge < -0.3 is 10.1 Å². The first-order valence-electron chi connectivity index (χ1n) is 8.22. The fourth-order valence-electron chi connectivity index (χ4n) is 2.85. The van der Waals surface area contributed by atoms with Crippen LogP contribution in [0, 0.1) is 0 Å². The van der Waals surface area contributed by atoms with E-state index in [1.54, 1.807) is 18.2 Å². The molecule has 26 heavy (non-hydrogen) atoms. The van der Waals surface area contributed by atoms with E-state index in [1.165, 1.54) is 0 Å². The number of hydrogen-bond acceptors (Lipinski definition) is 4. The van der Waals surface area contributed by atoms with Crippen molar-refractivity contribution in [3.8, 4) is 0 Å². The summed E-state index contributed by atoms with van der Waals surface area (Å²) >= 11 is 11.9. The molecule has 1 atom stereocenters. The number of benzene rings is 2. The van der Waals surface area contributed by atoms with Crippen LogP contribution in [0.2, 0.25) is 10.0 Å². The Kier molecular flexibility index (Phi) is 6.14. The molecule has 0 saturated carbocycles. The molecule has 1 heterocycles. The normalized spacial score (nSPS) is 17.6. The molecule has 1 fully saturated rings. The van der Waals surface area contributed by atoms with Crippen molar-refractivity contribution in [1.82, 2.24) is 4.90 Å². The van der Waals surface area contributed by atoms with Gasteiger partial charge in [-0.25, -0.2) is 0 Å². The van der Waals surface area contributed by atoms with Crippen LogP contribution in [0.5, 0.6) is 0 Å². The lowest BCUT2D eigenvalue weighted by Gasteiger charge is -2.33. The molecule has 1 amide bonds. The first kappa shape index (κ1) is 18.7. The highest BCUT2D eigenvalue weighted by Crippen LogP contribution is 2.26. The number of anilines is 1. The molecular formula is C19H18Cl2N2O3. The van der Waals surface area contributed by atoms with Crippen LogP contribution in [-0.4, -0.2) is 36.0 Å². The Morgan fingerprint density at radius 2 is 1.96 bits per heavy atom. The topological polar surface area (TPSA) is 58.6 Å². The summed E-state index contributed by atoms with van der Waals surface area (Å²) in [6.07, 6.45) is -0.00930. The molecule has 0 aliphatic carbocycles. The average Bonchev–Trinajstić information content (AvgIpc) is 2.61. The second-order valence-electron chi connectivity index (χ2n) is 6.02. The van der Waals surface area contributed by atoms with Crippen molar-refractivity contribution in [2.45, 2.75) is 19.0 Å². The average molecular weight is 393 g/mol. The van der Waals surface area contributed by atoms with Gasteiger partial charge in [0.15, 0.2) is 0 Å². The predicted octanol–water partition coefficient (Wildman–Crippen LogP) is 3.75. The number of rotatable bonds is 5. The third-order valence-electron chi connectivity index (χ3n) is 4.15. The number of amides is 1. The Labute approximate surface area is 161 Å². The monoisotopic (exact) mass is 392 g/mol. The molecule has 0 unspecified atom stereocenters. The maximum absolute atomic E-state index is 12.4. The van der Waals surface area contributed by atoms with Crippen LogP contribution >= 0.6 is 23.2 Å². The van der Waals surface area contributed by atoms with Gasteiger partial charge in [-0.05, 0) is 23.8 Å². The number of hydrogen-bond donors (Lipinski definition) is 1. The number of ether oxygens (including phenoxy) is 1. The molecule has 136 valence electrons. The number of carbonyl (C=O) groups is 2. The molecule has 1 saturated heterocycles. The quantitative estimate of drug-likeness (QED) is 0.787. The van der Waals surface area contributed by atoms with Gasteiger partial charge >= 0.3 is 5.97 Å². The highest BCUT2D eigenvalue weighted by Gasteiger charge is 2.33. The molecular weight excluding hydrogens is 375 g/mol. The summed E-state index contributed by atoms with van der Waals surface area (Å²) in [5, 5.41) is 3.56. The maximum Gasteiger partial charge on any atom is 0.323 e. The van der Waals surface area contributed by atoms with Gasteiger partial charge in [0.05, 0.1) is 17.1 Å². The van der Waals surface area contributed by atoms with E-state index in [4.69, 9.17) is 27.9 Å². The summed E-state index contributed by atoms with van der Waals surface area (Å²) in [5.74, 6) is -0.694. The predicted molar refractivity (Wildman–Crippen MR) is 101 cm³/mol. The number of carbonyl (C=O) groups excluding carboxylic acids is 2. The number of halogens is 2. The minimum Gasteiger partial charge on any atom is -0.463 e. The third-order valence-corrected chi connectivity index (χ3v) is 4.70. The van der Waals surface area contributed by atoms with Crippen molar-refractivity contribution < 1.29 is 14.3 Å². The summed E-state index contributed by atoms with van der Waals surface area (Å²) in [4.78, 5) is 26.6. The minimum atomic E-state index is -0.630. The van der Waals surface area contributed by atoms with E-state index in [2.05, 4.69) is 5.32 Å². The zero-order valence-electron chi connectivity index (χ0n) is 14.0. The SMILES string of the molecule is O=C(C[C@@H]1C(=O)OCCN1Cc1ccccc1)Nc1ccc(Cl)cc1Cl. The molecule has 2 aromatic rings. The van der Waals surface area contributed by atoms with E-state index < -0.39 is 6.04 Å². The van der Waals surface area contributed by atoms with Crippen LogP contribution in [0.3, 0.4) is 0 Å². The maximum atomic E-state index is 12.4. The summed E-state index contributed by atoms with van der Waals surface area (Å²) < 4.78 is 5.14. The summed E-state index contributed by atoms with van der Waals surface area (Å²) in [5.41, 5.74) is 1.54. The lowest BCUT2D eigenvalue weighted by atomic mass is 10.1. The van der Waals surface area contributed by atoms with Crippen LogP contribution < -0.4 is 5.32 Å². The number of nitrogens with zero attached hydrogens (tertiary/aromatic N) is 1. The molecule has 2 aromatic carbocycles. The second kappa shape index (κ2) is 8.54. The Morgan fingerprint density at radius 3 is 2.69 bits per heavy atom. The smallest absolute Gasteiger partial charge is 0.323 e. The third kappa shape index (κ3) is 4.75. The first-order chi connectivity index (χ1) is 12.5. The van der Waals surface area contributed by atoms with E-state index >= 15 is 0 Å². The molecule has 5 nitrogen and oxygen atoms in total. The molecule has 0 aromatic heterocycles. The standard InChI is InChI=1S/C19H18Cl2N2O3/c20-14-6-7-16(15(21)10-14)22-18(24)11-17-19(25)26-9-8-23(17)12-13-4-2-1-3-5-13/h1-7,10,17H,8-9,11-12H2,(H,22,24)/t17-/m1/s1. The van der Waals surface area contributed by atoms with Crippen molar-refractivity contribution in [2.75, 3.05) is 18.5 Å². The Morgan fingerprint density at radius 1 is 1.19 bits per heavy atom. The highest BCUT2D eigenvalue weighted by atomic mass is 35.5. The molecule has 0 spiro atoms. The summed E-state index contributed by atoms with van der Waals surface area (Å²) in [6.45, 7) is 1.49. The van der Waals surface area contributed by atoms with Crippen LogP contribution in [-0.2, 0) is 20.9 Å². The van der Waals surface area contributed by atoms with Gasteiger partial charge in [-0.3, -0.25) is 14.5 Å². The van der Waals surface area contributed by atoms with Crippen molar-refractivity contribution >= 4 is 40.8 Å². The fourth-order valence-corrected chi connectivity index (χ4v) is 3.31. The van der Waals surface area contributed by atoms with Crippen LogP contribution in [0.1, 0.15) is 12.0 Å². The van der Waals surface area contributed by atoms with Gasteiger partial charge in [0.1, 0.15) is 12.6 Å². The van der Waals surface area contributed by atoms with Crippen molar-refractivity contribution in [3.05, 3.63) is 64.1 Å². The van der Waals surface area contributed by atoms with E-state index in [1.807, 2.05) is 35.2 Å². The lowest BCUT2D eigenvalue weighted by molar-refractivity contribution is -0.159. The molecule has 7 heteroatoms. The Balaban J connectivity index is 1.68. The summed E-state index contributed by atoms with van der Waals surface area (Å²) in [6, 6.07) is 14.0. The van der Waals surface area contributed by atoms with Gasteiger partial charge in [-0.15, -0.1) is 0 Å². The number of morpholine rings is 1. The van der Waals surface area contributed by atoms with E-state index in [0.717, 1.165) is 5.56 Å². The van der Waals surface area contributed by atoms with Gasteiger partial charge in [0.2, 0.25) is 5.91 Å². The van der Waals surface area contributed by atoms with Gasteiger partial charge in [-0.1, -0.05) is 53.5 Å². The first-order valence-corrected chi connectivity index (χ1v) is 8.98. The van der Waals surface area contributed by atoms with Crippen LogP contribution in [0.4, 0.5) is 5.69 Å². The Hall–Kier alpha value is -2.08. The second-order valence-corrected chi connectivity index (χ2v) is 6.86. The van der Waals surface area contributed by atoms with E-state index in [0.29, 0.717) is 35.4 Å². The molecule has 0 radical (unpaired) electrons. The lowest BCUT2D eigenvalue weighted by Crippen LogP contribution is -2.49. The van der Waals surface area contributed by atoms with Crippen molar-refractivity contribution in [3.63, 3.8) is 0 Å². The van der Waals surface area contributed by atoms with Crippen molar-refractivity contribution in [2.24, 2.45) is 0 Å². The fraction of sp³-hybridized carbons (Fsp3) is 0.263. The van der Waals surface area contributed by atoms with Gasteiger partial charge in [0.25, 0.3) is 0 Å². The van der Waals surface area contributed by atoms with Crippen LogP contribution in [0.15, 0.2) is 48.5 Å². The van der Waals surface area contributed by atoms with Gasteiger partial charge in [-0.2, -0.15) is 0 Å².